The lowest BCUT2D eigenvalue weighted by Gasteiger charge is -2.40. The average Bonchev–Trinajstić information content (AvgIpc) is 3.36. The number of para-hydroxylation sites is 2. The van der Waals surface area contributed by atoms with Crippen LogP contribution in [0.3, 0.4) is 0 Å². The number of benzene rings is 1. The van der Waals surface area contributed by atoms with Crippen LogP contribution in [0.2, 0.25) is 0 Å². The predicted molar refractivity (Wildman–Crippen MR) is 294 cm³/mol. The van der Waals surface area contributed by atoms with Gasteiger partial charge in [-0.25, -0.2) is 0 Å². The number of hydrogen-bond acceptors (Lipinski definition) is 12. The number of nitrogens with one attached hydrogen (secondary N) is 2. The fraction of sp³-hybridized carbons (Fsp3) is 0.877. The van der Waals surface area contributed by atoms with Gasteiger partial charge in [0.2, 0.25) is 0 Å². The van der Waals surface area contributed by atoms with Gasteiger partial charge in [-0.15, -0.1) is 0 Å². The summed E-state index contributed by atoms with van der Waals surface area (Å²) >= 11 is 5.23. The Morgan fingerprint density at radius 1 is 0.620 bits per heavy atom. The third-order valence-electron chi connectivity index (χ3n) is 14.4. The lowest BCUT2D eigenvalue weighted by atomic mass is 9.98. The first-order valence-electron chi connectivity index (χ1n) is 29.2. The summed E-state index contributed by atoms with van der Waals surface area (Å²) in [6.07, 6.45) is 37.3. The summed E-state index contributed by atoms with van der Waals surface area (Å²) in [6, 6.07) is 5.23. The number of anilines is 1. The molecular weight excluding hydrogens is 919 g/mol. The van der Waals surface area contributed by atoms with Gasteiger partial charge >= 0.3 is 0 Å². The summed E-state index contributed by atoms with van der Waals surface area (Å²) < 4.78 is 17.4. The molecule has 1 heterocycles. The molecule has 2 rings (SSSR count). The monoisotopic (exact) mass is 1020 g/mol. The fourth-order valence-corrected chi connectivity index (χ4v) is 9.90. The molecule has 1 aliphatic rings. The number of unbranched alkanes of at least 4 members (excludes halogenated alkanes) is 34. The molecule has 14 heteroatoms. The molecule has 1 fully saturated rings. The molecule has 8 atom stereocenters. The Bertz CT molecular complexity index is 1420. The molecule has 0 radical (unpaired) electrons. The Morgan fingerprint density at radius 2 is 1.03 bits per heavy atom. The number of nitrogens with zero attached hydrogens (tertiary/aromatic N) is 1. The Labute approximate surface area is 436 Å². The van der Waals surface area contributed by atoms with Gasteiger partial charge in [0, 0.05) is 6.07 Å². The van der Waals surface area contributed by atoms with E-state index in [9.17, 15) is 35.6 Å². The predicted octanol–water partition coefficient (Wildman–Crippen LogP) is 13.3. The molecule has 1 saturated heterocycles. The molecule has 0 aromatic heterocycles. The standard InChI is InChI=1S/C57H105N3O10S/c1-3-5-7-9-11-13-15-17-18-19-20-21-22-23-24-25-26-27-28-30-32-34-36-40-44-58-48(52(62)50(61)43-37-35-33-31-29-16-14-12-10-8-6-4-2)45-68-56-55(65)54(64)53(63)51(70-56)46-69-57(71)59-47-41-38-39-42-49(47)60(66)67/h38-39,41-42,48,50-56,58,61-65H,3-37,40,43-46H2,1-2H3,(H,59,71)/t48-,50+,51+,52-,53-,54-,55+,56+/m0/s1. The Morgan fingerprint density at radius 3 is 1.46 bits per heavy atom. The van der Waals surface area contributed by atoms with Gasteiger partial charge in [0.25, 0.3) is 10.9 Å². The van der Waals surface area contributed by atoms with Crippen LogP contribution < -0.4 is 10.6 Å². The van der Waals surface area contributed by atoms with Crippen LogP contribution in [0.15, 0.2) is 24.3 Å². The molecule has 1 aromatic carbocycles. The zero-order chi connectivity index (χ0) is 51.6. The molecule has 71 heavy (non-hydrogen) atoms. The zero-order valence-corrected chi connectivity index (χ0v) is 45.7. The number of nitro benzene ring substituents is 1. The molecule has 0 unspecified atom stereocenters. The molecule has 1 aliphatic heterocycles. The maximum atomic E-state index is 11.4. The van der Waals surface area contributed by atoms with Crippen molar-refractivity contribution in [1.82, 2.24) is 5.32 Å². The molecule has 0 saturated carbocycles. The van der Waals surface area contributed by atoms with Crippen LogP contribution in [0, 0.1) is 10.1 Å². The smallest absolute Gasteiger partial charge is 0.292 e. The minimum Gasteiger partial charge on any atom is -0.468 e. The molecule has 0 spiro atoms. The van der Waals surface area contributed by atoms with E-state index in [2.05, 4.69) is 24.5 Å². The van der Waals surface area contributed by atoms with Crippen LogP contribution in [-0.4, -0.2) is 104 Å². The van der Waals surface area contributed by atoms with E-state index >= 15 is 0 Å². The van der Waals surface area contributed by atoms with E-state index in [1.54, 1.807) is 6.07 Å². The molecule has 7 N–H and O–H groups in total. The maximum Gasteiger partial charge on any atom is 0.292 e. The highest BCUT2D eigenvalue weighted by Crippen LogP contribution is 2.26. The van der Waals surface area contributed by atoms with Crippen molar-refractivity contribution in [2.45, 2.75) is 300 Å². The second-order valence-corrected chi connectivity index (χ2v) is 21.1. The topological polar surface area (TPSA) is 196 Å². The van der Waals surface area contributed by atoms with E-state index in [0.29, 0.717) is 13.0 Å². The number of nitro groups is 1. The normalized spacial score (nSPS) is 19.4. The Kier molecular flexibility index (Phi) is 40.6. The third-order valence-corrected chi connectivity index (χ3v) is 14.6. The van der Waals surface area contributed by atoms with Gasteiger partial charge in [-0.05, 0) is 37.7 Å². The number of rotatable bonds is 48. The number of thiocarbonyl (C=S) groups is 1. The maximum absolute atomic E-state index is 11.4. The zero-order valence-electron chi connectivity index (χ0n) is 44.8. The van der Waals surface area contributed by atoms with Crippen LogP contribution >= 0.6 is 12.2 Å². The van der Waals surface area contributed by atoms with E-state index in [-0.39, 0.29) is 29.8 Å². The summed E-state index contributed by atoms with van der Waals surface area (Å²) in [6.45, 7) is 4.62. The van der Waals surface area contributed by atoms with Crippen molar-refractivity contribution < 1.29 is 44.7 Å². The molecule has 13 nitrogen and oxygen atoms in total. The van der Waals surface area contributed by atoms with Gasteiger partial charge in [0.15, 0.2) is 6.29 Å². The van der Waals surface area contributed by atoms with Crippen LogP contribution in [0.4, 0.5) is 11.4 Å². The summed E-state index contributed by atoms with van der Waals surface area (Å²) in [5.74, 6) is 0. The van der Waals surface area contributed by atoms with Crippen LogP contribution in [0.1, 0.15) is 251 Å². The summed E-state index contributed by atoms with van der Waals surface area (Å²) in [4.78, 5) is 10.9. The van der Waals surface area contributed by atoms with Crippen molar-refractivity contribution >= 4 is 28.8 Å². The van der Waals surface area contributed by atoms with E-state index < -0.39 is 53.9 Å². The average molecular weight is 1020 g/mol. The Balaban J connectivity index is 1.72. The number of aliphatic hydroxyl groups excluding tert-OH is 5. The Hall–Kier alpha value is -2.01. The first kappa shape index (κ1) is 65.1. The highest BCUT2D eigenvalue weighted by atomic mass is 32.1. The first-order chi connectivity index (χ1) is 34.6. The SMILES string of the molecule is CCCCCCCCCCCCCCCCCCCCCCCCCCN[C@@H](CO[C@@H]1O[C@H](COC(=S)Nc2ccccc2[N+](=O)[O-])[C@H](O)[C@H](O)[C@H]1O)[C@H](O)[C@H](O)CCCCCCCCCCCCCC. The summed E-state index contributed by atoms with van der Waals surface area (Å²) in [5.41, 5.74) is -0.0847. The van der Waals surface area contributed by atoms with E-state index in [0.717, 1.165) is 38.5 Å². The largest absolute Gasteiger partial charge is 0.468 e. The number of ether oxygens (including phenoxy) is 3. The van der Waals surface area contributed by atoms with Gasteiger partial charge in [0.1, 0.15) is 36.7 Å². The lowest BCUT2D eigenvalue weighted by molar-refractivity contribution is -0.383. The van der Waals surface area contributed by atoms with Crippen molar-refractivity contribution in [1.29, 1.82) is 0 Å². The highest BCUT2D eigenvalue weighted by Gasteiger charge is 2.45. The lowest BCUT2D eigenvalue weighted by Crippen LogP contribution is -2.60. The number of aliphatic hydroxyl groups is 5. The minimum absolute atomic E-state index is 0.119. The minimum atomic E-state index is -1.65. The second kappa shape index (κ2) is 44.3. The quantitative estimate of drug-likeness (QED) is 0.0141. The molecular formula is C57H105N3O10S. The van der Waals surface area contributed by atoms with Gasteiger partial charge < -0.3 is 50.4 Å². The molecule has 0 bridgehead atoms. The molecule has 1 aromatic rings. The highest BCUT2D eigenvalue weighted by molar-refractivity contribution is 7.80. The van der Waals surface area contributed by atoms with Crippen molar-refractivity contribution in [3.8, 4) is 0 Å². The van der Waals surface area contributed by atoms with Crippen LogP contribution in [-0.2, 0) is 14.2 Å². The van der Waals surface area contributed by atoms with Crippen LogP contribution in [0.25, 0.3) is 0 Å². The fourth-order valence-electron chi connectivity index (χ4n) is 9.72. The van der Waals surface area contributed by atoms with E-state index in [4.69, 9.17) is 26.4 Å². The van der Waals surface area contributed by atoms with Crippen molar-refractivity contribution in [3.05, 3.63) is 34.4 Å². The van der Waals surface area contributed by atoms with E-state index in [1.807, 2.05) is 0 Å². The first-order valence-corrected chi connectivity index (χ1v) is 29.6. The molecule has 0 amide bonds. The molecule has 414 valence electrons. The van der Waals surface area contributed by atoms with Gasteiger partial charge in [-0.1, -0.05) is 251 Å². The summed E-state index contributed by atoms with van der Waals surface area (Å²) in [7, 11) is 0. The van der Waals surface area contributed by atoms with Gasteiger partial charge in [-0.2, -0.15) is 0 Å². The van der Waals surface area contributed by atoms with Gasteiger partial charge in [0.05, 0.1) is 29.8 Å². The van der Waals surface area contributed by atoms with Crippen LogP contribution in [0.5, 0.6) is 0 Å². The van der Waals surface area contributed by atoms with E-state index in [1.165, 1.54) is 211 Å². The van der Waals surface area contributed by atoms with Gasteiger partial charge in [-0.3, -0.25) is 10.1 Å². The van der Waals surface area contributed by atoms with Crippen molar-refractivity contribution in [2.24, 2.45) is 0 Å². The van der Waals surface area contributed by atoms with Crippen molar-refractivity contribution in [3.63, 3.8) is 0 Å². The number of hydrogen-bond donors (Lipinski definition) is 7. The molecule has 0 aliphatic carbocycles. The van der Waals surface area contributed by atoms with Crippen molar-refractivity contribution in [2.75, 3.05) is 25.1 Å². The second-order valence-electron chi connectivity index (χ2n) is 20.8. The summed E-state index contributed by atoms with van der Waals surface area (Å²) in [5, 5.41) is 72.2. The third kappa shape index (κ3) is 32.1.